The van der Waals surface area contributed by atoms with Gasteiger partial charge in [0.05, 0.1) is 35.6 Å². The number of hydrogen-bond acceptors (Lipinski definition) is 5. The number of thiocarbonyl (C=S) groups is 1. The zero-order valence-corrected chi connectivity index (χ0v) is 26.1. The third kappa shape index (κ3) is 8.35. The minimum Gasteiger partial charge on any atom is -0.332 e. The molecular formula is C34H35F3N6OS. The van der Waals surface area contributed by atoms with E-state index < -0.39 is 23.8 Å². The fourth-order valence-corrected chi connectivity index (χ4v) is 5.59. The molecule has 0 aliphatic carbocycles. The molecule has 0 aliphatic heterocycles. The van der Waals surface area contributed by atoms with Crippen LogP contribution in [0.5, 0.6) is 0 Å². The van der Waals surface area contributed by atoms with Crippen molar-refractivity contribution in [2.75, 3.05) is 5.32 Å². The van der Waals surface area contributed by atoms with E-state index in [1.807, 2.05) is 61.7 Å². The molecule has 0 saturated carbocycles. The molecule has 0 aliphatic rings. The number of rotatable bonds is 11. The van der Waals surface area contributed by atoms with Gasteiger partial charge in [0.15, 0.2) is 5.11 Å². The summed E-state index contributed by atoms with van der Waals surface area (Å²) in [5.74, 6) is -1.23. The van der Waals surface area contributed by atoms with Crippen LogP contribution < -0.4 is 11.1 Å². The van der Waals surface area contributed by atoms with Crippen molar-refractivity contribution in [1.82, 2.24) is 14.5 Å². The minimum atomic E-state index is -4.59. The highest BCUT2D eigenvalue weighted by Crippen LogP contribution is 2.33. The number of aryl methyl sites for hydroxylation is 1. The van der Waals surface area contributed by atoms with Gasteiger partial charge in [0, 0.05) is 37.1 Å². The van der Waals surface area contributed by atoms with Gasteiger partial charge in [0.25, 0.3) is 0 Å². The SMILES string of the molecule is Cc1ccccc1NC(=S)N(Cc1ccccc1C(F)(F)F)C(N)[C@@H](C(=O)Cc1cncn1Cc1ccc(C#N)cc1)C(C)C. The number of alkyl halides is 3. The summed E-state index contributed by atoms with van der Waals surface area (Å²) in [7, 11) is 0. The number of carbonyl (C=O) groups is 1. The summed E-state index contributed by atoms with van der Waals surface area (Å²) in [6, 6.07) is 21.9. The lowest BCUT2D eigenvalue weighted by molar-refractivity contribution is -0.138. The van der Waals surface area contributed by atoms with E-state index in [0.717, 1.165) is 17.2 Å². The van der Waals surface area contributed by atoms with Crippen molar-refractivity contribution in [3.8, 4) is 6.07 Å². The predicted molar refractivity (Wildman–Crippen MR) is 172 cm³/mol. The van der Waals surface area contributed by atoms with Crippen molar-refractivity contribution < 1.29 is 18.0 Å². The summed E-state index contributed by atoms with van der Waals surface area (Å²) in [6.45, 7) is 5.78. The molecule has 3 aromatic carbocycles. The number of benzene rings is 3. The van der Waals surface area contributed by atoms with Crippen LogP contribution in [0, 0.1) is 30.1 Å². The first kappa shape index (κ1) is 33.4. The van der Waals surface area contributed by atoms with Gasteiger partial charge in [-0.3, -0.25) is 4.79 Å². The number of aromatic nitrogens is 2. The first-order valence-electron chi connectivity index (χ1n) is 14.4. The van der Waals surface area contributed by atoms with Gasteiger partial charge in [-0.25, -0.2) is 4.98 Å². The standard InChI is InChI=1S/C34H35F3N6OS/c1-22(2)31(30(44)16-27-18-40-21-42(27)19-25-14-12-24(17-38)13-15-25)32(39)43(33(45)41-29-11-7-4-8-23(29)3)20-26-9-5-6-10-28(26)34(35,36)37/h4-15,18,21-22,31-32H,16,19-20,39H2,1-3H3,(H,41,45)/t31-,32?/m1/s1. The summed E-state index contributed by atoms with van der Waals surface area (Å²) in [5.41, 5.74) is 9.74. The van der Waals surface area contributed by atoms with Crippen LogP contribution in [0.25, 0.3) is 0 Å². The zero-order valence-electron chi connectivity index (χ0n) is 25.3. The van der Waals surface area contributed by atoms with E-state index in [4.69, 9.17) is 23.2 Å². The Hall–Kier alpha value is -4.53. The molecule has 0 amide bonds. The van der Waals surface area contributed by atoms with Crippen molar-refractivity contribution in [3.05, 3.63) is 119 Å². The highest BCUT2D eigenvalue weighted by molar-refractivity contribution is 7.80. The molecule has 1 unspecified atom stereocenters. The second kappa shape index (κ2) is 14.5. The smallest absolute Gasteiger partial charge is 0.332 e. The van der Waals surface area contributed by atoms with Crippen molar-refractivity contribution in [2.24, 2.45) is 17.6 Å². The number of nitriles is 1. The molecule has 0 saturated heterocycles. The fourth-order valence-electron chi connectivity index (χ4n) is 5.30. The summed E-state index contributed by atoms with van der Waals surface area (Å²) in [4.78, 5) is 19.7. The van der Waals surface area contributed by atoms with Crippen LogP contribution in [0.2, 0.25) is 0 Å². The summed E-state index contributed by atoms with van der Waals surface area (Å²) < 4.78 is 43.8. The number of hydrogen-bond donors (Lipinski definition) is 2. The van der Waals surface area contributed by atoms with Gasteiger partial charge < -0.3 is 20.5 Å². The van der Waals surface area contributed by atoms with Crippen LogP contribution in [-0.2, 0) is 30.5 Å². The van der Waals surface area contributed by atoms with Crippen molar-refractivity contribution in [3.63, 3.8) is 0 Å². The highest BCUT2D eigenvalue weighted by Gasteiger charge is 2.37. The van der Waals surface area contributed by atoms with E-state index in [2.05, 4.69) is 16.4 Å². The van der Waals surface area contributed by atoms with Gasteiger partial charge in [-0.2, -0.15) is 18.4 Å². The van der Waals surface area contributed by atoms with Gasteiger partial charge in [-0.1, -0.05) is 62.4 Å². The average Bonchev–Trinajstić information content (AvgIpc) is 3.42. The molecule has 3 N–H and O–H groups in total. The monoisotopic (exact) mass is 632 g/mol. The van der Waals surface area contributed by atoms with Crippen LogP contribution in [-0.4, -0.2) is 31.5 Å². The molecule has 1 aromatic heterocycles. The Labute approximate surface area is 266 Å². The van der Waals surface area contributed by atoms with Gasteiger partial charge in [0.1, 0.15) is 5.78 Å². The molecule has 1 heterocycles. The number of carbonyl (C=O) groups excluding carboxylic acids is 1. The number of imidazole rings is 1. The van der Waals surface area contributed by atoms with E-state index in [-0.39, 0.29) is 35.3 Å². The molecule has 0 radical (unpaired) electrons. The van der Waals surface area contributed by atoms with Crippen LogP contribution in [0.15, 0.2) is 85.3 Å². The van der Waals surface area contributed by atoms with Crippen molar-refractivity contribution in [1.29, 1.82) is 5.26 Å². The topological polar surface area (TPSA) is 100.0 Å². The lowest BCUT2D eigenvalue weighted by Crippen LogP contribution is -2.55. The Balaban J connectivity index is 1.63. The molecule has 2 atom stereocenters. The summed E-state index contributed by atoms with van der Waals surface area (Å²) in [5, 5.41) is 12.3. The number of nitrogens with two attached hydrogens (primary N) is 1. The number of Topliss-reactive ketones (excluding diaryl/α,β-unsaturated/α-hetero) is 1. The lowest BCUT2D eigenvalue weighted by atomic mass is 9.86. The lowest BCUT2D eigenvalue weighted by Gasteiger charge is -2.38. The Bertz CT molecular complexity index is 1680. The molecule has 4 rings (SSSR count). The van der Waals surface area contributed by atoms with Gasteiger partial charge >= 0.3 is 6.18 Å². The number of ketones is 1. The molecule has 0 bridgehead atoms. The van der Waals surface area contributed by atoms with Crippen LogP contribution in [0.4, 0.5) is 18.9 Å². The number of anilines is 1. The Morgan fingerprint density at radius 3 is 2.40 bits per heavy atom. The van der Waals surface area contributed by atoms with Gasteiger partial charge in [-0.05, 0) is 66.0 Å². The summed E-state index contributed by atoms with van der Waals surface area (Å²) >= 11 is 5.76. The third-order valence-corrected chi connectivity index (χ3v) is 8.06. The zero-order chi connectivity index (χ0) is 32.7. The van der Waals surface area contributed by atoms with Crippen molar-refractivity contribution >= 4 is 28.8 Å². The van der Waals surface area contributed by atoms with Crippen molar-refractivity contribution in [2.45, 2.75) is 52.6 Å². The number of para-hydroxylation sites is 1. The average molecular weight is 633 g/mol. The second-order valence-corrected chi connectivity index (χ2v) is 11.6. The predicted octanol–water partition coefficient (Wildman–Crippen LogP) is 6.70. The molecule has 11 heteroatoms. The first-order valence-corrected chi connectivity index (χ1v) is 14.8. The third-order valence-electron chi connectivity index (χ3n) is 7.72. The molecule has 234 valence electrons. The van der Waals surface area contributed by atoms with E-state index in [1.54, 1.807) is 24.7 Å². The number of nitrogens with one attached hydrogen (secondary N) is 1. The quantitative estimate of drug-likeness (QED) is 0.140. The number of nitrogens with zero attached hydrogens (tertiary/aromatic N) is 4. The van der Waals surface area contributed by atoms with E-state index in [9.17, 15) is 18.0 Å². The molecule has 4 aromatic rings. The van der Waals surface area contributed by atoms with Crippen LogP contribution in [0.1, 0.15) is 47.4 Å². The fraction of sp³-hybridized carbons (Fsp3) is 0.294. The maximum atomic E-state index is 14.0. The first-order chi connectivity index (χ1) is 21.4. The Kier molecular flexibility index (Phi) is 10.8. The largest absolute Gasteiger partial charge is 0.416 e. The number of halogens is 3. The van der Waals surface area contributed by atoms with E-state index in [0.29, 0.717) is 23.5 Å². The highest BCUT2D eigenvalue weighted by atomic mass is 32.1. The van der Waals surface area contributed by atoms with Crippen LogP contribution >= 0.6 is 12.2 Å². The molecule has 7 nitrogen and oxygen atoms in total. The summed E-state index contributed by atoms with van der Waals surface area (Å²) in [6.07, 6.45) is -2.37. The normalized spacial score (nSPS) is 12.8. The van der Waals surface area contributed by atoms with E-state index >= 15 is 0 Å². The molecular weight excluding hydrogens is 597 g/mol. The van der Waals surface area contributed by atoms with E-state index in [1.165, 1.54) is 23.1 Å². The Morgan fingerprint density at radius 2 is 1.76 bits per heavy atom. The Morgan fingerprint density at radius 1 is 1.09 bits per heavy atom. The second-order valence-electron chi connectivity index (χ2n) is 11.3. The van der Waals surface area contributed by atoms with Crippen LogP contribution in [0.3, 0.4) is 0 Å². The van der Waals surface area contributed by atoms with Gasteiger partial charge in [-0.15, -0.1) is 0 Å². The minimum absolute atomic E-state index is 0.00942. The molecule has 0 spiro atoms. The molecule has 45 heavy (non-hydrogen) atoms. The maximum Gasteiger partial charge on any atom is 0.416 e. The van der Waals surface area contributed by atoms with Gasteiger partial charge in [0.2, 0.25) is 0 Å². The molecule has 0 fully saturated rings. The maximum absolute atomic E-state index is 14.0.